The Morgan fingerprint density at radius 2 is 1.42 bits per heavy atom. The predicted molar refractivity (Wildman–Crippen MR) is 95.4 cm³/mol. The van der Waals surface area contributed by atoms with Crippen LogP contribution in [-0.2, 0) is 11.3 Å². The smallest absolute Gasteiger partial charge is 0.228 e. The molecule has 128 valence electrons. The maximum Gasteiger partial charge on any atom is 0.228 e. The Labute approximate surface area is 143 Å². The molecule has 1 atom stereocenters. The van der Waals surface area contributed by atoms with Crippen molar-refractivity contribution in [3.05, 3.63) is 59.7 Å². The molecule has 2 rings (SSSR count). The van der Waals surface area contributed by atoms with Gasteiger partial charge in [0.1, 0.15) is 11.5 Å². The molecule has 2 aromatic carbocycles. The number of nitrogens with one attached hydrogen (secondary N) is 1. The van der Waals surface area contributed by atoms with Crippen LogP contribution in [0.25, 0.3) is 0 Å². The second-order valence-corrected chi connectivity index (χ2v) is 6.06. The first-order valence-corrected chi connectivity index (χ1v) is 8.09. The lowest BCUT2D eigenvalue weighted by molar-refractivity contribution is -0.123. The van der Waals surface area contributed by atoms with E-state index in [1.807, 2.05) is 48.5 Å². The van der Waals surface area contributed by atoms with E-state index < -0.39 is 0 Å². The number of methoxy groups -OCH3 is 2. The van der Waals surface area contributed by atoms with Gasteiger partial charge in [0.25, 0.3) is 0 Å². The zero-order valence-electron chi connectivity index (χ0n) is 14.7. The van der Waals surface area contributed by atoms with Crippen LogP contribution < -0.4 is 14.8 Å². The molecule has 4 nitrogen and oxygen atoms in total. The molecule has 0 aromatic heterocycles. The molecule has 0 saturated carbocycles. The number of benzene rings is 2. The van der Waals surface area contributed by atoms with Crippen LogP contribution in [0.4, 0.5) is 0 Å². The van der Waals surface area contributed by atoms with E-state index in [2.05, 4.69) is 19.2 Å². The molecule has 0 saturated heterocycles. The first-order chi connectivity index (χ1) is 11.5. The molecule has 0 radical (unpaired) electrons. The van der Waals surface area contributed by atoms with Crippen molar-refractivity contribution in [3.8, 4) is 11.5 Å². The lowest BCUT2D eigenvalue weighted by Crippen LogP contribution is -2.31. The fourth-order valence-electron chi connectivity index (χ4n) is 2.69. The van der Waals surface area contributed by atoms with E-state index in [1.165, 1.54) is 0 Å². The summed E-state index contributed by atoms with van der Waals surface area (Å²) in [7, 11) is 3.27. The number of hydrogen-bond donors (Lipinski definition) is 1. The fourth-order valence-corrected chi connectivity index (χ4v) is 2.69. The third-order valence-corrected chi connectivity index (χ3v) is 4.05. The number of ether oxygens (including phenoxy) is 2. The van der Waals surface area contributed by atoms with E-state index in [0.717, 1.165) is 22.6 Å². The zero-order valence-corrected chi connectivity index (χ0v) is 14.7. The molecule has 0 bridgehead atoms. The van der Waals surface area contributed by atoms with Gasteiger partial charge in [0, 0.05) is 6.54 Å². The van der Waals surface area contributed by atoms with Crippen molar-refractivity contribution >= 4 is 5.91 Å². The molecular weight excluding hydrogens is 302 g/mol. The van der Waals surface area contributed by atoms with Crippen LogP contribution in [0.2, 0.25) is 0 Å². The molecule has 4 heteroatoms. The average Bonchev–Trinajstić information content (AvgIpc) is 2.61. The largest absolute Gasteiger partial charge is 0.497 e. The minimum Gasteiger partial charge on any atom is -0.497 e. The summed E-state index contributed by atoms with van der Waals surface area (Å²) in [4.78, 5) is 12.7. The third-order valence-electron chi connectivity index (χ3n) is 4.05. The molecule has 0 aliphatic carbocycles. The Hall–Kier alpha value is -2.49. The summed E-state index contributed by atoms with van der Waals surface area (Å²) in [5.74, 6) is 1.65. The Balaban J connectivity index is 2.05. The van der Waals surface area contributed by atoms with E-state index in [-0.39, 0.29) is 17.7 Å². The van der Waals surface area contributed by atoms with Gasteiger partial charge < -0.3 is 14.8 Å². The van der Waals surface area contributed by atoms with Gasteiger partial charge in [-0.1, -0.05) is 38.1 Å². The molecular formula is C20H25NO3. The van der Waals surface area contributed by atoms with Crippen LogP contribution in [-0.4, -0.2) is 20.1 Å². The monoisotopic (exact) mass is 327 g/mol. The number of carbonyl (C=O) groups is 1. The summed E-state index contributed by atoms with van der Waals surface area (Å²) >= 11 is 0. The van der Waals surface area contributed by atoms with Crippen LogP contribution in [0, 0.1) is 5.92 Å². The fraction of sp³-hybridized carbons (Fsp3) is 0.350. The van der Waals surface area contributed by atoms with Crippen molar-refractivity contribution in [2.75, 3.05) is 14.2 Å². The maximum absolute atomic E-state index is 12.7. The molecule has 0 heterocycles. The van der Waals surface area contributed by atoms with Crippen LogP contribution in [0.15, 0.2) is 48.5 Å². The number of hydrogen-bond acceptors (Lipinski definition) is 3. The predicted octanol–water partition coefficient (Wildman–Crippen LogP) is 3.76. The lowest BCUT2D eigenvalue weighted by atomic mass is 9.87. The summed E-state index contributed by atoms with van der Waals surface area (Å²) in [5.41, 5.74) is 2.04. The normalized spacial score (nSPS) is 11.9. The quantitative estimate of drug-likeness (QED) is 0.842. The molecule has 1 amide bonds. The van der Waals surface area contributed by atoms with Crippen LogP contribution in [0.5, 0.6) is 11.5 Å². The number of rotatable bonds is 7. The summed E-state index contributed by atoms with van der Waals surface area (Å²) < 4.78 is 10.3. The highest BCUT2D eigenvalue weighted by atomic mass is 16.5. The van der Waals surface area contributed by atoms with Crippen molar-refractivity contribution in [1.82, 2.24) is 5.32 Å². The Morgan fingerprint density at radius 1 is 0.917 bits per heavy atom. The average molecular weight is 327 g/mol. The van der Waals surface area contributed by atoms with E-state index in [9.17, 15) is 4.79 Å². The summed E-state index contributed by atoms with van der Waals surface area (Å²) in [6.07, 6.45) is 0. The Kier molecular flexibility index (Phi) is 6.24. The van der Waals surface area contributed by atoms with Crippen molar-refractivity contribution in [2.24, 2.45) is 5.92 Å². The van der Waals surface area contributed by atoms with Crippen molar-refractivity contribution in [1.29, 1.82) is 0 Å². The summed E-state index contributed by atoms with van der Waals surface area (Å²) in [6, 6.07) is 15.4. The number of carbonyl (C=O) groups excluding carboxylic acids is 1. The first kappa shape index (κ1) is 17.9. The minimum atomic E-state index is -0.186. The molecule has 24 heavy (non-hydrogen) atoms. The maximum atomic E-state index is 12.7. The topological polar surface area (TPSA) is 47.6 Å². The first-order valence-electron chi connectivity index (χ1n) is 8.09. The molecule has 0 aliphatic rings. The number of amides is 1. The van der Waals surface area contributed by atoms with E-state index in [1.54, 1.807) is 14.2 Å². The SMILES string of the molecule is COc1ccc(CNC(=O)C(c2ccc(OC)cc2)C(C)C)cc1. The molecule has 0 spiro atoms. The van der Waals surface area contributed by atoms with Gasteiger partial charge in [-0.3, -0.25) is 4.79 Å². The Morgan fingerprint density at radius 3 is 1.88 bits per heavy atom. The van der Waals surface area contributed by atoms with E-state index in [0.29, 0.717) is 6.54 Å². The van der Waals surface area contributed by atoms with Gasteiger partial charge in [-0.25, -0.2) is 0 Å². The second kappa shape index (κ2) is 8.39. The highest BCUT2D eigenvalue weighted by Gasteiger charge is 2.23. The van der Waals surface area contributed by atoms with Crippen LogP contribution in [0.3, 0.4) is 0 Å². The lowest BCUT2D eigenvalue weighted by Gasteiger charge is -2.21. The van der Waals surface area contributed by atoms with Gasteiger partial charge in [0.05, 0.1) is 20.1 Å². The van der Waals surface area contributed by atoms with Crippen molar-refractivity contribution < 1.29 is 14.3 Å². The zero-order chi connectivity index (χ0) is 17.5. The molecule has 2 aromatic rings. The minimum absolute atomic E-state index is 0.0333. The van der Waals surface area contributed by atoms with Gasteiger partial charge in [0.2, 0.25) is 5.91 Å². The summed E-state index contributed by atoms with van der Waals surface area (Å²) in [5, 5.41) is 3.03. The van der Waals surface area contributed by atoms with Crippen molar-refractivity contribution in [2.45, 2.75) is 26.3 Å². The van der Waals surface area contributed by atoms with E-state index in [4.69, 9.17) is 9.47 Å². The van der Waals surface area contributed by atoms with Crippen LogP contribution >= 0.6 is 0 Å². The molecule has 1 unspecified atom stereocenters. The highest BCUT2D eigenvalue weighted by Crippen LogP contribution is 2.26. The Bertz CT molecular complexity index is 648. The summed E-state index contributed by atoms with van der Waals surface area (Å²) in [6.45, 7) is 4.62. The second-order valence-electron chi connectivity index (χ2n) is 6.06. The van der Waals surface area contributed by atoms with Crippen molar-refractivity contribution in [3.63, 3.8) is 0 Å². The molecule has 1 N–H and O–H groups in total. The molecule has 0 fully saturated rings. The van der Waals surface area contributed by atoms with Gasteiger partial charge >= 0.3 is 0 Å². The standard InChI is InChI=1S/C20H25NO3/c1-14(2)19(16-7-11-18(24-4)12-8-16)20(22)21-13-15-5-9-17(23-3)10-6-15/h5-12,14,19H,13H2,1-4H3,(H,21,22). The van der Waals surface area contributed by atoms with Gasteiger partial charge in [-0.05, 0) is 41.3 Å². The highest BCUT2D eigenvalue weighted by molar-refractivity contribution is 5.84. The third kappa shape index (κ3) is 4.51. The van der Waals surface area contributed by atoms with E-state index >= 15 is 0 Å². The van der Waals surface area contributed by atoms with Gasteiger partial charge in [0.15, 0.2) is 0 Å². The van der Waals surface area contributed by atoms with Gasteiger partial charge in [-0.2, -0.15) is 0 Å². The van der Waals surface area contributed by atoms with Crippen LogP contribution in [0.1, 0.15) is 30.9 Å². The van der Waals surface area contributed by atoms with Gasteiger partial charge in [-0.15, -0.1) is 0 Å². The molecule has 0 aliphatic heterocycles.